The van der Waals surface area contributed by atoms with Gasteiger partial charge in [-0.05, 0) is 18.9 Å². The van der Waals surface area contributed by atoms with Crippen LogP contribution >= 0.6 is 0 Å². The van der Waals surface area contributed by atoms with Crippen molar-refractivity contribution >= 4 is 11.9 Å². The quantitative estimate of drug-likeness (QED) is 0.917. The number of rotatable bonds is 4. The number of anilines is 2. The van der Waals surface area contributed by atoms with Gasteiger partial charge in [0, 0.05) is 36.7 Å². The van der Waals surface area contributed by atoms with Crippen LogP contribution in [0.2, 0.25) is 0 Å². The average Bonchev–Trinajstić information content (AvgIpc) is 2.58. The van der Waals surface area contributed by atoms with Gasteiger partial charge in [0.1, 0.15) is 0 Å². The van der Waals surface area contributed by atoms with E-state index in [1.165, 1.54) is 0 Å². The molecule has 0 atom stereocenters. The van der Waals surface area contributed by atoms with E-state index in [1.807, 2.05) is 6.92 Å². The highest BCUT2D eigenvalue weighted by molar-refractivity contribution is 5.64. The highest BCUT2D eigenvalue weighted by Gasteiger charge is 2.19. The van der Waals surface area contributed by atoms with Crippen LogP contribution in [0.5, 0.6) is 0 Å². The zero-order chi connectivity index (χ0) is 16.2. The van der Waals surface area contributed by atoms with Crippen LogP contribution in [0.4, 0.5) is 11.9 Å². The van der Waals surface area contributed by atoms with Gasteiger partial charge < -0.3 is 15.4 Å². The van der Waals surface area contributed by atoms with Crippen molar-refractivity contribution in [1.29, 1.82) is 0 Å². The second-order valence-corrected chi connectivity index (χ2v) is 5.62. The zero-order valence-corrected chi connectivity index (χ0v) is 13.6. The summed E-state index contributed by atoms with van der Waals surface area (Å²) in [5.74, 6) is 1.02. The topological polar surface area (TPSA) is 90.0 Å². The van der Waals surface area contributed by atoms with Crippen LogP contribution in [0.3, 0.4) is 0 Å². The number of nitrogen functional groups attached to an aromatic ring is 1. The number of aryl methyl sites for hydroxylation is 1. The Kier molecular flexibility index (Phi) is 4.66. The van der Waals surface area contributed by atoms with Gasteiger partial charge in [0.15, 0.2) is 0 Å². The molecule has 0 saturated carbocycles. The third kappa shape index (κ3) is 3.39. The van der Waals surface area contributed by atoms with Crippen molar-refractivity contribution in [3.63, 3.8) is 0 Å². The molecule has 3 rings (SSSR count). The summed E-state index contributed by atoms with van der Waals surface area (Å²) >= 11 is 0. The molecule has 7 heteroatoms. The van der Waals surface area contributed by atoms with Gasteiger partial charge in [-0.1, -0.05) is 13.3 Å². The molecule has 7 nitrogen and oxygen atoms in total. The molecule has 2 aromatic heterocycles. The predicted molar refractivity (Wildman–Crippen MR) is 89.2 cm³/mol. The first-order chi connectivity index (χ1) is 11.2. The van der Waals surface area contributed by atoms with Crippen molar-refractivity contribution < 1.29 is 4.74 Å². The lowest BCUT2D eigenvalue weighted by Crippen LogP contribution is -2.37. The lowest BCUT2D eigenvalue weighted by molar-refractivity contribution is 0.122. The monoisotopic (exact) mass is 314 g/mol. The zero-order valence-electron chi connectivity index (χ0n) is 13.6. The third-order valence-corrected chi connectivity index (χ3v) is 3.94. The van der Waals surface area contributed by atoms with Crippen LogP contribution in [0, 0.1) is 6.92 Å². The van der Waals surface area contributed by atoms with Gasteiger partial charge in [-0.3, -0.25) is 0 Å². The average molecular weight is 314 g/mol. The van der Waals surface area contributed by atoms with E-state index < -0.39 is 0 Å². The molecule has 1 fully saturated rings. The van der Waals surface area contributed by atoms with Crippen molar-refractivity contribution in [1.82, 2.24) is 19.9 Å². The summed E-state index contributed by atoms with van der Waals surface area (Å²) in [6, 6.07) is 0. The van der Waals surface area contributed by atoms with Crippen molar-refractivity contribution in [2.24, 2.45) is 0 Å². The summed E-state index contributed by atoms with van der Waals surface area (Å²) in [5, 5.41) is 0. The number of hydrogen-bond donors (Lipinski definition) is 1. The molecule has 0 radical (unpaired) electrons. The summed E-state index contributed by atoms with van der Waals surface area (Å²) in [5.41, 5.74) is 9.54. The SMILES string of the molecule is CCCc1c(C)nc(N2CCOCC2)nc1-c1cnc(N)nc1. The van der Waals surface area contributed by atoms with Crippen LogP contribution in [0.25, 0.3) is 11.3 Å². The number of hydrogen-bond acceptors (Lipinski definition) is 7. The van der Waals surface area contributed by atoms with Crippen LogP contribution in [0.1, 0.15) is 24.6 Å². The van der Waals surface area contributed by atoms with Gasteiger partial charge in [0.25, 0.3) is 0 Å². The highest BCUT2D eigenvalue weighted by Crippen LogP contribution is 2.26. The Morgan fingerprint density at radius 2 is 1.87 bits per heavy atom. The predicted octanol–water partition coefficient (Wildman–Crippen LogP) is 1.61. The maximum Gasteiger partial charge on any atom is 0.226 e. The first kappa shape index (κ1) is 15.6. The minimum absolute atomic E-state index is 0.268. The summed E-state index contributed by atoms with van der Waals surface area (Å²) in [6.07, 6.45) is 5.41. The van der Waals surface area contributed by atoms with Crippen LogP contribution in [0.15, 0.2) is 12.4 Å². The van der Waals surface area contributed by atoms with Crippen LogP contribution < -0.4 is 10.6 Å². The van der Waals surface area contributed by atoms with Crippen LogP contribution in [-0.4, -0.2) is 46.2 Å². The molecule has 23 heavy (non-hydrogen) atoms. The van der Waals surface area contributed by atoms with E-state index in [4.69, 9.17) is 20.4 Å². The normalized spacial score (nSPS) is 15.0. The van der Waals surface area contributed by atoms with Crippen LogP contribution in [-0.2, 0) is 11.2 Å². The summed E-state index contributed by atoms with van der Waals surface area (Å²) < 4.78 is 5.41. The standard InChI is InChI=1S/C16H22N6O/c1-3-4-13-11(2)20-16(22-5-7-23-8-6-22)21-14(13)12-9-18-15(17)19-10-12/h9-10H,3-8H2,1-2H3,(H2,17,18,19). The number of ether oxygens (including phenoxy) is 1. The summed E-state index contributed by atoms with van der Waals surface area (Å²) in [7, 11) is 0. The Bertz CT molecular complexity index is 667. The van der Waals surface area contributed by atoms with Gasteiger partial charge in [-0.15, -0.1) is 0 Å². The van der Waals surface area contributed by atoms with Gasteiger partial charge in [-0.2, -0.15) is 0 Å². The van der Waals surface area contributed by atoms with E-state index in [0.29, 0.717) is 13.2 Å². The van der Waals surface area contributed by atoms with E-state index in [0.717, 1.165) is 54.4 Å². The van der Waals surface area contributed by atoms with E-state index in [-0.39, 0.29) is 5.95 Å². The van der Waals surface area contributed by atoms with Gasteiger partial charge >= 0.3 is 0 Å². The first-order valence-electron chi connectivity index (χ1n) is 7.97. The molecule has 1 saturated heterocycles. The molecule has 0 aliphatic carbocycles. The molecule has 0 bridgehead atoms. The lowest BCUT2D eigenvalue weighted by atomic mass is 10.0. The van der Waals surface area contributed by atoms with Gasteiger partial charge in [0.2, 0.25) is 11.9 Å². The minimum atomic E-state index is 0.268. The lowest BCUT2D eigenvalue weighted by Gasteiger charge is -2.28. The van der Waals surface area contributed by atoms with Crippen molar-refractivity contribution in [2.75, 3.05) is 36.9 Å². The fraction of sp³-hybridized carbons (Fsp3) is 0.500. The molecule has 2 aromatic rings. The molecule has 0 amide bonds. The highest BCUT2D eigenvalue weighted by atomic mass is 16.5. The van der Waals surface area contributed by atoms with Gasteiger partial charge in [-0.25, -0.2) is 19.9 Å². The Morgan fingerprint density at radius 3 is 2.52 bits per heavy atom. The molecule has 1 aliphatic heterocycles. The van der Waals surface area contributed by atoms with Gasteiger partial charge in [0.05, 0.1) is 18.9 Å². The molecule has 0 spiro atoms. The number of nitrogens with two attached hydrogens (primary N) is 1. The maximum absolute atomic E-state index is 5.60. The Hall–Kier alpha value is -2.28. The molecular weight excluding hydrogens is 292 g/mol. The molecule has 3 heterocycles. The molecule has 2 N–H and O–H groups in total. The van der Waals surface area contributed by atoms with E-state index >= 15 is 0 Å². The number of aromatic nitrogens is 4. The molecular formula is C16H22N6O. The summed E-state index contributed by atoms with van der Waals surface area (Å²) in [6.45, 7) is 7.23. The second-order valence-electron chi connectivity index (χ2n) is 5.62. The molecule has 0 aromatic carbocycles. The smallest absolute Gasteiger partial charge is 0.226 e. The largest absolute Gasteiger partial charge is 0.378 e. The Morgan fingerprint density at radius 1 is 1.17 bits per heavy atom. The molecule has 1 aliphatic rings. The molecule has 0 unspecified atom stereocenters. The second kappa shape index (κ2) is 6.87. The number of morpholine rings is 1. The van der Waals surface area contributed by atoms with E-state index in [2.05, 4.69) is 21.8 Å². The minimum Gasteiger partial charge on any atom is -0.378 e. The maximum atomic E-state index is 5.60. The fourth-order valence-electron chi connectivity index (χ4n) is 2.73. The summed E-state index contributed by atoms with van der Waals surface area (Å²) in [4.78, 5) is 19.9. The van der Waals surface area contributed by atoms with E-state index in [9.17, 15) is 0 Å². The Balaban J connectivity index is 2.06. The number of nitrogens with zero attached hydrogens (tertiary/aromatic N) is 5. The van der Waals surface area contributed by atoms with Crippen molar-refractivity contribution in [3.05, 3.63) is 23.7 Å². The van der Waals surface area contributed by atoms with Crippen molar-refractivity contribution in [3.8, 4) is 11.3 Å². The van der Waals surface area contributed by atoms with E-state index in [1.54, 1.807) is 12.4 Å². The molecule has 122 valence electrons. The Labute approximate surface area is 135 Å². The van der Waals surface area contributed by atoms with Crippen molar-refractivity contribution in [2.45, 2.75) is 26.7 Å². The third-order valence-electron chi connectivity index (χ3n) is 3.94. The first-order valence-corrected chi connectivity index (χ1v) is 7.97. The fourth-order valence-corrected chi connectivity index (χ4v) is 2.73.